The van der Waals surface area contributed by atoms with Gasteiger partial charge in [-0.2, -0.15) is 4.99 Å². The molecule has 0 fully saturated rings. The number of ketones is 1. The predicted octanol–water partition coefficient (Wildman–Crippen LogP) is 5.48. The lowest BCUT2D eigenvalue weighted by Crippen LogP contribution is -2.53. The van der Waals surface area contributed by atoms with E-state index >= 15 is 0 Å². The largest absolute Gasteiger partial charge is 0.294 e. The third-order valence-electron chi connectivity index (χ3n) is 6.29. The highest BCUT2D eigenvalue weighted by atomic mass is 32.2. The molecule has 0 spiro atoms. The van der Waals surface area contributed by atoms with E-state index in [1.165, 1.54) is 16.7 Å². The number of thioether (sulfide) groups is 1. The molecule has 0 N–H and O–H groups in total. The lowest BCUT2D eigenvalue weighted by atomic mass is 9.74. The number of amides is 2. The third-order valence-corrected chi connectivity index (χ3v) is 7.39. The summed E-state index contributed by atoms with van der Waals surface area (Å²) in [6.45, 7) is 1.93. The van der Waals surface area contributed by atoms with Gasteiger partial charge in [0, 0.05) is 24.8 Å². The summed E-state index contributed by atoms with van der Waals surface area (Å²) in [7, 11) is 1.66. The van der Waals surface area contributed by atoms with Gasteiger partial charge in [-0.05, 0) is 37.0 Å². The van der Waals surface area contributed by atoms with E-state index in [9.17, 15) is 14.4 Å². The van der Waals surface area contributed by atoms with Crippen molar-refractivity contribution in [1.29, 1.82) is 0 Å². The molecule has 0 bridgehead atoms. The summed E-state index contributed by atoms with van der Waals surface area (Å²) in [5.41, 5.74) is 2.11. The summed E-state index contributed by atoms with van der Waals surface area (Å²) < 4.78 is 0. The molecule has 1 aliphatic heterocycles. The van der Waals surface area contributed by atoms with Crippen molar-refractivity contribution in [3.63, 3.8) is 0 Å². The number of nitrogens with zero attached hydrogens (tertiary/aromatic N) is 2. The highest BCUT2D eigenvalue weighted by molar-refractivity contribution is 8.13. The Morgan fingerprint density at radius 1 is 0.914 bits per heavy atom. The molecule has 6 heteroatoms. The summed E-state index contributed by atoms with van der Waals surface area (Å²) in [6.07, 6.45) is 0.400. The van der Waals surface area contributed by atoms with E-state index < -0.39 is 11.3 Å². The van der Waals surface area contributed by atoms with E-state index in [4.69, 9.17) is 0 Å². The Balaban J connectivity index is 1.60. The Morgan fingerprint density at radius 3 is 2.23 bits per heavy atom. The molecule has 3 aromatic carbocycles. The topological polar surface area (TPSA) is 66.8 Å². The monoisotopic (exact) mass is 484 g/mol. The fraction of sp³-hybridized carbons (Fsp3) is 0.241. The van der Waals surface area contributed by atoms with Crippen LogP contribution in [0.15, 0.2) is 89.9 Å². The Kier molecular flexibility index (Phi) is 7.61. The van der Waals surface area contributed by atoms with Gasteiger partial charge < -0.3 is 0 Å². The first-order valence-corrected chi connectivity index (χ1v) is 12.6. The van der Waals surface area contributed by atoms with Crippen LogP contribution in [0.2, 0.25) is 0 Å². The smallest absolute Gasteiger partial charge is 0.264 e. The zero-order valence-corrected chi connectivity index (χ0v) is 20.8. The van der Waals surface area contributed by atoms with Gasteiger partial charge in [0.1, 0.15) is 5.41 Å². The molecule has 1 atom stereocenters. The normalized spacial score (nSPS) is 17.9. The van der Waals surface area contributed by atoms with Gasteiger partial charge in [-0.15, -0.1) is 0 Å². The molecule has 5 nitrogen and oxygen atoms in total. The maximum Gasteiger partial charge on any atom is 0.264 e. The van der Waals surface area contributed by atoms with Crippen LogP contribution in [0.25, 0.3) is 0 Å². The minimum absolute atomic E-state index is 0.0855. The first kappa shape index (κ1) is 24.6. The zero-order chi connectivity index (χ0) is 24.8. The van der Waals surface area contributed by atoms with Crippen LogP contribution in [0.5, 0.6) is 0 Å². The number of carbonyl (C=O) groups excluding carboxylic acids is 3. The first-order valence-electron chi connectivity index (χ1n) is 11.6. The van der Waals surface area contributed by atoms with E-state index in [1.54, 1.807) is 13.1 Å². The number of benzene rings is 3. The molecular weight excluding hydrogens is 456 g/mol. The van der Waals surface area contributed by atoms with Gasteiger partial charge in [-0.1, -0.05) is 96.2 Å². The van der Waals surface area contributed by atoms with Gasteiger partial charge in [0.15, 0.2) is 11.0 Å². The minimum atomic E-state index is -1.41. The Labute approximate surface area is 210 Å². The molecular formula is C29H28N2O3S. The first-order chi connectivity index (χ1) is 16.9. The van der Waals surface area contributed by atoms with Crippen molar-refractivity contribution in [1.82, 2.24) is 4.90 Å². The second-order valence-electron chi connectivity index (χ2n) is 8.88. The van der Waals surface area contributed by atoms with Crippen molar-refractivity contribution in [2.45, 2.75) is 31.9 Å². The van der Waals surface area contributed by atoms with Crippen LogP contribution in [0, 0.1) is 12.3 Å². The maximum atomic E-state index is 13.8. The van der Waals surface area contributed by atoms with Gasteiger partial charge in [0.2, 0.25) is 5.91 Å². The molecule has 0 unspecified atom stereocenters. The van der Waals surface area contributed by atoms with E-state index in [1.807, 2.05) is 85.8 Å². The van der Waals surface area contributed by atoms with E-state index in [-0.39, 0.29) is 31.0 Å². The van der Waals surface area contributed by atoms with Crippen molar-refractivity contribution in [2.24, 2.45) is 10.4 Å². The maximum absolute atomic E-state index is 13.8. The van der Waals surface area contributed by atoms with Crippen LogP contribution < -0.4 is 0 Å². The Hall–Kier alpha value is -3.51. The van der Waals surface area contributed by atoms with Crippen molar-refractivity contribution in [3.8, 4) is 0 Å². The fourth-order valence-corrected chi connectivity index (χ4v) is 5.22. The van der Waals surface area contributed by atoms with Crippen LogP contribution in [0.4, 0.5) is 0 Å². The summed E-state index contributed by atoms with van der Waals surface area (Å²) in [5, 5.41) is 0.387. The van der Waals surface area contributed by atoms with Gasteiger partial charge >= 0.3 is 0 Å². The molecule has 0 saturated heterocycles. The molecule has 3 aromatic rings. The van der Waals surface area contributed by atoms with Gasteiger partial charge in [-0.3, -0.25) is 19.3 Å². The summed E-state index contributed by atoms with van der Waals surface area (Å²) >= 11 is 1.36. The van der Waals surface area contributed by atoms with Crippen molar-refractivity contribution < 1.29 is 14.4 Å². The van der Waals surface area contributed by atoms with E-state index in [0.29, 0.717) is 16.5 Å². The lowest BCUT2D eigenvalue weighted by molar-refractivity contribution is -0.147. The number of carbonyl (C=O) groups is 3. The van der Waals surface area contributed by atoms with Crippen molar-refractivity contribution in [2.75, 3.05) is 7.05 Å². The fourth-order valence-electron chi connectivity index (χ4n) is 4.31. The quantitative estimate of drug-likeness (QED) is 0.314. The molecule has 0 saturated carbocycles. The van der Waals surface area contributed by atoms with Gasteiger partial charge in [0.25, 0.3) is 5.91 Å². The number of rotatable bonds is 8. The average molecular weight is 485 g/mol. The molecule has 0 aromatic heterocycles. The molecule has 4 rings (SSSR count). The SMILES string of the molecule is Cc1cccc(C(=O)CC[C@@]2(Cc3ccccc3)C(=O)N=C(SCc3ccccc3)N(C)C2=O)c1. The van der Waals surface area contributed by atoms with E-state index in [0.717, 1.165) is 16.7 Å². The standard InChI is InChI=1S/C29H28N2O3S/c1-21-10-9-15-24(18-21)25(32)16-17-29(19-22-11-5-3-6-12-22)26(33)30-28(31(2)27(29)34)35-20-23-13-7-4-8-14-23/h3-15,18H,16-17,19-20H2,1-2H3/t29-/m1/s1. The Bertz CT molecular complexity index is 1260. The molecule has 1 heterocycles. The summed E-state index contributed by atoms with van der Waals surface area (Å²) in [4.78, 5) is 46.2. The van der Waals surface area contributed by atoms with Gasteiger partial charge in [0.05, 0.1) is 0 Å². The van der Waals surface area contributed by atoms with Crippen LogP contribution in [0.3, 0.4) is 0 Å². The highest BCUT2D eigenvalue weighted by Gasteiger charge is 2.51. The van der Waals surface area contributed by atoms with Gasteiger partial charge in [-0.25, -0.2) is 0 Å². The molecule has 2 amide bonds. The summed E-state index contributed by atoms with van der Waals surface area (Å²) in [5.74, 6) is -0.272. The van der Waals surface area contributed by atoms with Crippen molar-refractivity contribution in [3.05, 3.63) is 107 Å². The average Bonchev–Trinajstić information content (AvgIpc) is 2.88. The molecule has 0 aliphatic carbocycles. The number of aryl methyl sites for hydroxylation is 1. The van der Waals surface area contributed by atoms with Crippen LogP contribution in [-0.4, -0.2) is 34.7 Å². The van der Waals surface area contributed by atoms with Crippen LogP contribution >= 0.6 is 11.8 Å². The van der Waals surface area contributed by atoms with Crippen molar-refractivity contribution >= 4 is 34.5 Å². The second-order valence-corrected chi connectivity index (χ2v) is 9.82. The number of amidine groups is 1. The number of hydrogen-bond acceptors (Lipinski definition) is 4. The number of hydrogen-bond donors (Lipinski definition) is 0. The molecule has 178 valence electrons. The van der Waals surface area contributed by atoms with Crippen LogP contribution in [-0.2, 0) is 21.8 Å². The number of Topliss-reactive ketones (excluding diaryl/α,β-unsaturated/α-hetero) is 1. The molecule has 1 aliphatic rings. The second kappa shape index (κ2) is 10.8. The third kappa shape index (κ3) is 5.60. The number of aliphatic imine (C=N–C) groups is 1. The zero-order valence-electron chi connectivity index (χ0n) is 19.9. The highest BCUT2D eigenvalue weighted by Crippen LogP contribution is 2.38. The summed E-state index contributed by atoms with van der Waals surface area (Å²) in [6, 6.07) is 26.7. The van der Waals surface area contributed by atoms with E-state index in [2.05, 4.69) is 4.99 Å². The lowest BCUT2D eigenvalue weighted by Gasteiger charge is -2.37. The minimum Gasteiger partial charge on any atom is -0.294 e. The predicted molar refractivity (Wildman–Crippen MR) is 140 cm³/mol. The van der Waals surface area contributed by atoms with Crippen LogP contribution in [0.1, 0.15) is 39.9 Å². The molecule has 35 heavy (non-hydrogen) atoms. The molecule has 0 radical (unpaired) electrons. The Morgan fingerprint density at radius 2 is 1.57 bits per heavy atom.